The summed E-state index contributed by atoms with van der Waals surface area (Å²) >= 11 is 0. The van der Waals surface area contributed by atoms with E-state index in [4.69, 9.17) is 9.47 Å². The summed E-state index contributed by atoms with van der Waals surface area (Å²) < 4.78 is 24.8. The molecule has 1 heterocycles. The van der Waals surface area contributed by atoms with Crippen molar-refractivity contribution in [1.82, 2.24) is 9.80 Å². The smallest absolute Gasteiger partial charge is 0.250 e. The first-order valence-electron chi connectivity index (χ1n) is 12.7. The largest absolute Gasteiger partial charge is 0.493 e. The number of methoxy groups -OCH3 is 1. The van der Waals surface area contributed by atoms with Gasteiger partial charge in [0.15, 0.2) is 11.5 Å². The van der Waals surface area contributed by atoms with Gasteiger partial charge in [0, 0.05) is 12.6 Å². The number of nitrogens with zero attached hydrogens (tertiary/aromatic N) is 2. The minimum atomic E-state index is -0.779. The molecule has 0 bridgehead atoms. The van der Waals surface area contributed by atoms with Crippen molar-refractivity contribution in [3.63, 3.8) is 0 Å². The van der Waals surface area contributed by atoms with Gasteiger partial charge in [-0.2, -0.15) is 0 Å². The van der Waals surface area contributed by atoms with Gasteiger partial charge in [-0.3, -0.25) is 9.59 Å². The Morgan fingerprint density at radius 3 is 2.34 bits per heavy atom. The quantitative estimate of drug-likeness (QED) is 0.482. The fourth-order valence-corrected chi connectivity index (χ4v) is 5.10. The van der Waals surface area contributed by atoms with Crippen LogP contribution in [0.3, 0.4) is 0 Å². The van der Waals surface area contributed by atoms with E-state index in [2.05, 4.69) is 0 Å². The lowest BCUT2D eigenvalue weighted by atomic mass is 9.96. The molecule has 2 aliphatic rings. The standard InChI is InChI=1S/C28H35FN2O4/c1-3-16-35-24-15-12-21(17-25(24)34-2)27-28(33)30(23-8-6-4-5-7-9-23)19-26(32)31(27)18-20-10-13-22(29)14-11-20/h10-15,17,23,27H,3-9,16,18-19H2,1-2H3/t27-/m0/s1. The highest BCUT2D eigenvalue weighted by atomic mass is 19.1. The fourth-order valence-electron chi connectivity index (χ4n) is 5.10. The zero-order valence-corrected chi connectivity index (χ0v) is 20.7. The summed E-state index contributed by atoms with van der Waals surface area (Å²) in [6.07, 6.45) is 7.20. The summed E-state index contributed by atoms with van der Waals surface area (Å²) in [7, 11) is 1.57. The van der Waals surface area contributed by atoms with E-state index in [-0.39, 0.29) is 36.8 Å². The minimum absolute atomic E-state index is 0.0668. The second kappa shape index (κ2) is 11.6. The summed E-state index contributed by atoms with van der Waals surface area (Å²) in [5, 5.41) is 0. The van der Waals surface area contributed by atoms with E-state index in [1.807, 2.05) is 19.1 Å². The van der Waals surface area contributed by atoms with Gasteiger partial charge in [-0.25, -0.2) is 4.39 Å². The van der Waals surface area contributed by atoms with Crippen LogP contribution in [0.1, 0.15) is 69.0 Å². The van der Waals surface area contributed by atoms with Crippen LogP contribution in [0.2, 0.25) is 0 Å². The Kier molecular flexibility index (Phi) is 8.26. The molecule has 7 heteroatoms. The van der Waals surface area contributed by atoms with Gasteiger partial charge in [0.05, 0.1) is 13.7 Å². The zero-order chi connectivity index (χ0) is 24.8. The molecule has 2 amide bonds. The second-order valence-electron chi connectivity index (χ2n) is 9.42. The molecule has 4 rings (SSSR count). The molecule has 2 fully saturated rings. The molecule has 0 radical (unpaired) electrons. The molecule has 2 aromatic rings. The number of rotatable bonds is 8. The van der Waals surface area contributed by atoms with Crippen LogP contribution in [0.5, 0.6) is 11.5 Å². The van der Waals surface area contributed by atoms with E-state index in [9.17, 15) is 14.0 Å². The molecule has 0 aromatic heterocycles. The van der Waals surface area contributed by atoms with Crippen molar-refractivity contribution >= 4 is 11.8 Å². The van der Waals surface area contributed by atoms with Crippen molar-refractivity contribution in [2.45, 2.75) is 70.5 Å². The highest BCUT2D eigenvalue weighted by Crippen LogP contribution is 2.37. The first kappa shape index (κ1) is 25.0. The Bertz CT molecular complexity index is 1020. The van der Waals surface area contributed by atoms with Gasteiger partial charge < -0.3 is 19.3 Å². The monoisotopic (exact) mass is 482 g/mol. The highest BCUT2D eigenvalue weighted by Gasteiger charge is 2.43. The van der Waals surface area contributed by atoms with Crippen molar-refractivity contribution in [3.8, 4) is 11.5 Å². The Morgan fingerprint density at radius 2 is 1.69 bits per heavy atom. The zero-order valence-electron chi connectivity index (χ0n) is 20.7. The van der Waals surface area contributed by atoms with Crippen molar-refractivity contribution in [2.75, 3.05) is 20.3 Å². The number of carbonyl (C=O) groups is 2. The SMILES string of the molecule is CCCOc1ccc([C@H]2C(=O)N(C3CCCCCC3)CC(=O)N2Cc2ccc(F)cc2)cc1OC. The molecule has 0 spiro atoms. The van der Waals surface area contributed by atoms with Crippen LogP contribution in [-0.4, -0.2) is 47.9 Å². The molecular weight excluding hydrogens is 447 g/mol. The van der Waals surface area contributed by atoms with E-state index in [1.54, 1.807) is 35.1 Å². The molecule has 1 aliphatic heterocycles. The maximum atomic E-state index is 14.0. The molecular formula is C28H35FN2O4. The third-order valence-corrected chi connectivity index (χ3v) is 6.95. The average Bonchev–Trinajstić information content (AvgIpc) is 3.16. The molecule has 1 aliphatic carbocycles. The number of halogens is 1. The van der Waals surface area contributed by atoms with Crippen LogP contribution in [0, 0.1) is 5.82 Å². The van der Waals surface area contributed by atoms with Crippen LogP contribution in [0.4, 0.5) is 4.39 Å². The summed E-state index contributed by atoms with van der Waals surface area (Å²) in [6.45, 7) is 2.89. The number of hydrogen-bond acceptors (Lipinski definition) is 4. The van der Waals surface area contributed by atoms with E-state index >= 15 is 0 Å². The van der Waals surface area contributed by atoms with Crippen LogP contribution >= 0.6 is 0 Å². The average molecular weight is 483 g/mol. The number of hydrogen-bond donors (Lipinski definition) is 0. The fraction of sp³-hybridized carbons (Fsp3) is 0.500. The first-order chi connectivity index (χ1) is 17.0. The predicted molar refractivity (Wildman–Crippen MR) is 132 cm³/mol. The molecule has 1 atom stereocenters. The van der Waals surface area contributed by atoms with E-state index in [0.29, 0.717) is 23.7 Å². The van der Waals surface area contributed by atoms with Crippen molar-refractivity contribution in [2.24, 2.45) is 0 Å². The molecule has 2 aromatic carbocycles. The third kappa shape index (κ3) is 5.77. The van der Waals surface area contributed by atoms with Gasteiger partial charge in [0.25, 0.3) is 5.91 Å². The van der Waals surface area contributed by atoms with Crippen LogP contribution in [-0.2, 0) is 16.1 Å². The summed E-state index contributed by atoms with van der Waals surface area (Å²) in [6, 6.07) is 10.8. The number of amides is 2. The van der Waals surface area contributed by atoms with Gasteiger partial charge in [-0.1, -0.05) is 50.8 Å². The van der Waals surface area contributed by atoms with E-state index in [0.717, 1.165) is 37.7 Å². The van der Waals surface area contributed by atoms with Gasteiger partial charge in [-0.15, -0.1) is 0 Å². The lowest BCUT2D eigenvalue weighted by molar-refractivity contribution is -0.159. The molecule has 1 saturated carbocycles. The van der Waals surface area contributed by atoms with Gasteiger partial charge >= 0.3 is 0 Å². The van der Waals surface area contributed by atoms with Crippen molar-refractivity contribution < 1.29 is 23.5 Å². The lowest BCUT2D eigenvalue weighted by Gasteiger charge is -2.43. The Morgan fingerprint density at radius 1 is 0.971 bits per heavy atom. The normalized spacial score (nSPS) is 19.6. The second-order valence-corrected chi connectivity index (χ2v) is 9.42. The van der Waals surface area contributed by atoms with E-state index in [1.165, 1.54) is 25.0 Å². The maximum absolute atomic E-state index is 14.0. The lowest BCUT2D eigenvalue weighted by Crippen LogP contribution is -2.57. The molecule has 1 saturated heterocycles. The van der Waals surface area contributed by atoms with Gasteiger partial charge in [0.1, 0.15) is 18.4 Å². The number of piperazine rings is 1. The molecule has 188 valence electrons. The van der Waals surface area contributed by atoms with Crippen LogP contribution in [0.25, 0.3) is 0 Å². The van der Waals surface area contributed by atoms with Gasteiger partial charge in [0.2, 0.25) is 5.91 Å². The highest BCUT2D eigenvalue weighted by molar-refractivity contribution is 5.96. The van der Waals surface area contributed by atoms with Crippen LogP contribution in [0.15, 0.2) is 42.5 Å². The first-order valence-corrected chi connectivity index (χ1v) is 12.7. The number of ether oxygens (including phenoxy) is 2. The molecule has 0 unspecified atom stereocenters. The van der Waals surface area contributed by atoms with Gasteiger partial charge in [-0.05, 0) is 54.7 Å². The summed E-state index contributed by atoms with van der Waals surface area (Å²) in [5.41, 5.74) is 1.46. The minimum Gasteiger partial charge on any atom is -0.493 e. The summed E-state index contributed by atoms with van der Waals surface area (Å²) in [4.78, 5) is 30.9. The van der Waals surface area contributed by atoms with Crippen molar-refractivity contribution in [3.05, 3.63) is 59.4 Å². The molecule has 35 heavy (non-hydrogen) atoms. The predicted octanol–water partition coefficient (Wildman–Crippen LogP) is 5.26. The van der Waals surface area contributed by atoms with E-state index < -0.39 is 6.04 Å². The number of benzene rings is 2. The van der Waals surface area contributed by atoms with Crippen molar-refractivity contribution in [1.29, 1.82) is 0 Å². The molecule has 0 N–H and O–H groups in total. The Hall–Kier alpha value is -3.09. The summed E-state index contributed by atoms with van der Waals surface area (Å²) in [5.74, 6) is 0.637. The van der Waals surface area contributed by atoms with Crippen LogP contribution < -0.4 is 9.47 Å². The number of carbonyl (C=O) groups excluding carboxylic acids is 2. The third-order valence-electron chi connectivity index (χ3n) is 6.95. The Balaban J connectivity index is 1.69. The Labute approximate surface area is 207 Å². The topological polar surface area (TPSA) is 59.1 Å². The molecule has 6 nitrogen and oxygen atoms in total. The maximum Gasteiger partial charge on any atom is 0.250 e.